The van der Waals surface area contributed by atoms with E-state index in [0.717, 1.165) is 49.9 Å². The van der Waals surface area contributed by atoms with Gasteiger partial charge in [-0.15, -0.1) is 0 Å². The molecule has 6 heteroatoms. The molecule has 1 aromatic carbocycles. The van der Waals surface area contributed by atoms with Crippen molar-refractivity contribution in [1.82, 2.24) is 20.4 Å². The van der Waals surface area contributed by atoms with Crippen molar-refractivity contribution in [2.45, 2.75) is 13.0 Å². The Bertz CT molecular complexity index is 561. The normalized spacial score (nSPS) is 16.0. The summed E-state index contributed by atoms with van der Waals surface area (Å²) in [7, 11) is 1.66. The second kappa shape index (κ2) is 6.69. The van der Waals surface area contributed by atoms with Gasteiger partial charge in [-0.1, -0.05) is 17.3 Å². The molecule has 112 valence electrons. The number of rotatable bonds is 5. The Balaban J connectivity index is 1.58. The number of nitrogens with one attached hydrogen (secondary N) is 1. The molecule has 2 heterocycles. The molecule has 0 spiro atoms. The lowest BCUT2D eigenvalue weighted by Gasteiger charge is -2.25. The van der Waals surface area contributed by atoms with Gasteiger partial charge in [-0.25, -0.2) is 0 Å². The van der Waals surface area contributed by atoms with Crippen molar-refractivity contribution in [3.63, 3.8) is 0 Å². The number of ether oxygens (including phenoxy) is 1. The number of hydrogen-bond donors (Lipinski definition) is 1. The second-order valence-electron chi connectivity index (χ2n) is 5.16. The fourth-order valence-corrected chi connectivity index (χ4v) is 2.41. The lowest BCUT2D eigenvalue weighted by molar-refractivity contribution is 0.224. The monoisotopic (exact) mass is 288 g/mol. The van der Waals surface area contributed by atoms with Crippen LogP contribution in [-0.2, 0) is 13.0 Å². The standard InChI is InChI=1S/C15H20N4O2/c1-20-13-4-2-12(3-5-13)10-15-17-14(18-21-15)11-19-8-6-16-7-9-19/h2-5,16H,6-11H2,1H3. The number of hydrogen-bond acceptors (Lipinski definition) is 6. The Hall–Kier alpha value is -1.92. The van der Waals surface area contributed by atoms with Crippen LogP contribution in [0.5, 0.6) is 5.75 Å². The lowest BCUT2D eigenvalue weighted by Crippen LogP contribution is -2.43. The van der Waals surface area contributed by atoms with E-state index in [4.69, 9.17) is 9.26 Å². The summed E-state index contributed by atoms with van der Waals surface area (Å²) in [6.07, 6.45) is 0.651. The average Bonchev–Trinajstić information content (AvgIpc) is 2.96. The van der Waals surface area contributed by atoms with E-state index in [2.05, 4.69) is 20.4 Å². The fraction of sp³-hybridized carbons (Fsp3) is 0.467. The summed E-state index contributed by atoms with van der Waals surface area (Å²) in [5.41, 5.74) is 1.13. The molecule has 2 aromatic rings. The first-order valence-corrected chi connectivity index (χ1v) is 7.21. The Morgan fingerprint density at radius 2 is 2.00 bits per heavy atom. The zero-order valence-corrected chi connectivity index (χ0v) is 12.2. The van der Waals surface area contributed by atoms with Gasteiger partial charge >= 0.3 is 0 Å². The number of methoxy groups -OCH3 is 1. The molecule has 0 radical (unpaired) electrons. The summed E-state index contributed by atoms with van der Waals surface area (Å²) in [6, 6.07) is 7.90. The van der Waals surface area contributed by atoms with Gasteiger partial charge in [-0.05, 0) is 17.7 Å². The Kier molecular flexibility index (Phi) is 4.47. The molecule has 0 unspecified atom stereocenters. The van der Waals surface area contributed by atoms with E-state index in [9.17, 15) is 0 Å². The van der Waals surface area contributed by atoms with Crippen LogP contribution in [0.1, 0.15) is 17.3 Å². The summed E-state index contributed by atoms with van der Waals surface area (Å²) in [5.74, 6) is 2.27. The summed E-state index contributed by atoms with van der Waals surface area (Å²) in [5, 5.41) is 7.40. The highest BCUT2D eigenvalue weighted by molar-refractivity contribution is 5.28. The zero-order chi connectivity index (χ0) is 14.5. The van der Waals surface area contributed by atoms with Gasteiger partial charge in [0.1, 0.15) is 5.75 Å². The molecule has 1 saturated heterocycles. The zero-order valence-electron chi connectivity index (χ0n) is 12.2. The van der Waals surface area contributed by atoms with Gasteiger partial charge in [0, 0.05) is 26.2 Å². The predicted octanol–water partition coefficient (Wildman–Crippen LogP) is 1.07. The summed E-state index contributed by atoms with van der Waals surface area (Å²) in [4.78, 5) is 6.80. The highest BCUT2D eigenvalue weighted by Gasteiger charge is 2.14. The number of nitrogens with zero attached hydrogens (tertiary/aromatic N) is 3. The minimum Gasteiger partial charge on any atom is -0.497 e. The first-order valence-electron chi connectivity index (χ1n) is 7.21. The minimum absolute atomic E-state index is 0.651. The smallest absolute Gasteiger partial charge is 0.231 e. The van der Waals surface area contributed by atoms with Crippen LogP contribution in [0.25, 0.3) is 0 Å². The molecule has 0 aliphatic carbocycles. The Morgan fingerprint density at radius 3 is 2.71 bits per heavy atom. The Labute approximate surface area is 124 Å². The third-order valence-electron chi connectivity index (χ3n) is 3.60. The van der Waals surface area contributed by atoms with E-state index < -0.39 is 0 Å². The molecule has 21 heavy (non-hydrogen) atoms. The largest absolute Gasteiger partial charge is 0.497 e. The summed E-state index contributed by atoms with van der Waals surface area (Å²) < 4.78 is 10.5. The number of aromatic nitrogens is 2. The van der Waals surface area contributed by atoms with Crippen LogP contribution in [0.4, 0.5) is 0 Å². The van der Waals surface area contributed by atoms with E-state index in [1.165, 1.54) is 0 Å². The molecule has 0 bridgehead atoms. The minimum atomic E-state index is 0.651. The predicted molar refractivity (Wildman–Crippen MR) is 78.2 cm³/mol. The molecule has 3 rings (SSSR count). The SMILES string of the molecule is COc1ccc(Cc2nc(CN3CCNCC3)no2)cc1. The first kappa shape index (κ1) is 14.0. The van der Waals surface area contributed by atoms with Gasteiger partial charge in [0.2, 0.25) is 5.89 Å². The van der Waals surface area contributed by atoms with Crippen LogP contribution < -0.4 is 10.1 Å². The van der Waals surface area contributed by atoms with Crippen molar-refractivity contribution in [3.05, 3.63) is 41.5 Å². The van der Waals surface area contributed by atoms with Crippen molar-refractivity contribution in [1.29, 1.82) is 0 Å². The van der Waals surface area contributed by atoms with Crippen molar-refractivity contribution in [2.24, 2.45) is 0 Å². The highest BCUT2D eigenvalue weighted by Crippen LogP contribution is 2.14. The van der Waals surface area contributed by atoms with Crippen LogP contribution in [0, 0.1) is 0 Å². The number of piperazine rings is 1. The van der Waals surface area contributed by atoms with E-state index in [1.807, 2.05) is 24.3 Å². The van der Waals surface area contributed by atoms with Gasteiger partial charge in [0.25, 0.3) is 0 Å². The van der Waals surface area contributed by atoms with Crippen LogP contribution in [0.3, 0.4) is 0 Å². The van der Waals surface area contributed by atoms with E-state index in [0.29, 0.717) is 12.3 Å². The third-order valence-corrected chi connectivity index (χ3v) is 3.60. The van der Waals surface area contributed by atoms with E-state index in [-0.39, 0.29) is 0 Å². The topological polar surface area (TPSA) is 63.4 Å². The maximum Gasteiger partial charge on any atom is 0.231 e. The van der Waals surface area contributed by atoms with E-state index >= 15 is 0 Å². The van der Waals surface area contributed by atoms with Gasteiger partial charge < -0.3 is 14.6 Å². The van der Waals surface area contributed by atoms with Gasteiger partial charge in [0.15, 0.2) is 5.82 Å². The van der Waals surface area contributed by atoms with Crippen LogP contribution in [-0.4, -0.2) is 48.3 Å². The fourth-order valence-electron chi connectivity index (χ4n) is 2.41. The van der Waals surface area contributed by atoms with Gasteiger partial charge in [0.05, 0.1) is 20.1 Å². The van der Waals surface area contributed by atoms with Crippen molar-refractivity contribution >= 4 is 0 Å². The summed E-state index contributed by atoms with van der Waals surface area (Å²) in [6.45, 7) is 4.87. The molecule has 1 aliphatic rings. The molecule has 0 saturated carbocycles. The second-order valence-corrected chi connectivity index (χ2v) is 5.16. The maximum atomic E-state index is 5.33. The van der Waals surface area contributed by atoms with Gasteiger partial charge in [-0.3, -0.25) is 4.90 Å². The number of benzene rings is 1. The molecule has 1 N–H and O–H groups in total. The first-order chi connectivity index (χ1) is 10.3. The van der Waals surface area contributed by atoms with Crippen molar-refractivity contribution in [2.75, 3.05) is 33.3 Å². The molecule has 0 amide bonds. The van der Waals surface area contributed by atoms with Crippen LogP contribution >= 0.6 is 0 Å². The Morgan fingerprint density at radius 1 is 1.24 bits per heavy atom. The van der Waals surface area contributed by atoms with Gasteiger partial charge in [-0.2, -0.15) is 4.98 Å². The third kappa shape index (κ3) is 3.80. The maximum absolute atomic E-state index is 5.33. The van der Waals surface area contributed by atoms with Crippen LogP contribution in [0.2, 0.25) is 0 Å². The molecule has 1 aliphatic heterocycles. The highest BCUT2D eigenvalue weighted by atomic mass is 16.5. The quantitative estimate of drug-likeness (QED) is 0.888. The molecule has 1 aromatic heterocycles. The lowest BCUT2D eigenvalue weighted by atomic mass is 10.1. The molecule has 6 nitrogen and oxygen atoms in total. The molecular formula is C15H20N4O2. The van der Waals surface area contributed by atoms with Crippen molar-refractivity contribution in [3.8, 4) is 5.75 Å². The van der Waals surface area contributed by atoms with E-state index in [1.54, 1.807) is 7.11 Å². The molecule has 0 atom stereocenters. The molecular weight excluding hydrogens is 268 g/mol. The van der Waals surface area contributed by atoms with Crippen LogP contribution in [0.15, 0.2) is 28.8 Å². The van der Waals surface area contributed by atoms with Crippen molar-refractivity contribution < 1.29 is 9.26 Å². The average molecular weight is 288 g/mol. The summed E-state index contributed by atoms with van der Waals surface area (Å²) >= 11 is 0. The molecule has 1 fully saturated rings.